The molecule has 1 saturated heterocycles. The molecule has 2 aliphatic rings. The van der Waals surface area contributed by atoms with Gasteiger partial charge in [-0.15, -0.1) is 0 Å². The molecule has 1 aliphatic carbocycles. The number of methoxy groups -OCH3 is 1. The molecule has 2 fully saturated rings. The lowest BCUT2D eigenvalue weighted by Gasteiger charge is -2.43. The minimum absolute atomic E-state index is 0.0350. The molecule has 0 aromatic carbocycles. The Labute approximate surface area is 122 Å². The number of ether oxygens (including phenoxy) is 1. The first-order valence-corrected chi connectivity index (χ1v) is 9.20. The highest BCUT2D eigenvalue weighted by Crippen LogP contribution is 2.41. The number of hydrogen-bond acceptors (Lipinski definition) is 4. The Morgan fingerprint density at radius 2 is 2.05 bits per heavy atom. The van der Waals surface area contributed by atoms with Crippen LogP contribution in [0.1, 0.15) is 45.4 Å². The standard InChI is InChI=1S/C14H27NO4S/c1-14(16)8-4-3-6-12(14)13-7-5-9-15(13)20(17,18)11-10-19-2/h12-13,16H,3-11H2,1-2H3. The maximum atomic E-state index is 12.4. The van der Waals surface area contributed by atoms with Crippen molar-refractivity contribution in [2.45, 2.75) is 57.1 Å². The molecular weight excluding hydrogens is 278 g/mol. The summed E-state index contributed by atoms with van der Waals surface area (Å²) >= 11 is 0. The zero-order chi connectivity index (χ0) is 14.8. The highest BCUT2D eigenvalue weighted by atomic mass is 32.2. The molecule has 20 heavy (non-hydrogen) atoms. The minimum Gasteiger partial charge on any atom is -0.390 e. The van der Waals surface area contributed by atoms with Crippen LogP contribution in [0.2, 0.25) is 0 Å². The summed E-state index contributed by atoms with van der Waals surface area (Å²) in [5, 5.41) is 10.6. The summed E-state index contributed by atoms with van der Waals surface area (Å²) in [5.74, 6) is 0.102. The van der Waals surface area contributed by atoms with Gasteiger partial charge in [0.05, 0.1) is 18.0 Å². The van der Waals surface area contributed by atoms with Gasteiger partial charge in [-0.25, -0.2) is 8.42 Å². The molecule has 0 spiro atoms. The lowest BCUT2D eigenvalue weighted by Crippen LogP contribution is -2.51. The van der Waals surface area contributed by atoms with E-state index in [9.17, 15) is 13.5 Å². The van der Waals surface area contributed by atoms with E-state index in [0.29, 0.717) is 6.54 Å². The summed E-state index contributed by atoms with van der Waals surface area (Å²) in [4.78, 5) is 0. The monoisotopic (exact) mass is 305 g/mol. The van der Waals surface area contributed by atoms with E-state index in [4.69, 9.17) is 4.74 Å². The van der Waals surface area contributed by atoms with E-state index in [0.717, 1.165) is 38.5 Å². The van der Waals surface area contributed by atoms with Gasteiger partial charge in [0.15, 0.2) is 0 Å². The second kappa shape index (κ2) is 6.30. The molecular formula is C14H27NO4S. The Morgan fingerprint density at radius 1 is 1.30 bits per heavy atom. The molecule has 0 amide bonds. The summed E-state index contributed by atoms with van der Waals surface area (Å²) in [6, 6.07) is -0.0350. The third-order valence-corrected chi connectivity index (χ3v) is 6.71. The minimum atomic E-state index is -3.27. The van der Waals surface area contributed by atoms with Crippen LogP contribution in [0.15, 0.2) is 0 Å². The smallest absolute Gasteiger partial charge is 0.216 e. The van der Waals surface area contributed by atoms with Crippen LogP contribution in [-0.4, -0.2) is 55.5 Å². The van der Waals surface area contributed by atoms with E-state index in [-0.39, 0.29) is 24.3 Å². The molecule has 2 rings (SSSR count). The fourth-order valence-corrected chi connectivity index (χ4v) is 5.45. The summed E-state index contributed by atoms with van der Waals surface area (Å²) in [5.41, 5.74) is -0.734. The average molecular weight is 305 g/mol. The van der Waals surface area contributed by atoms with Crippen molar-refractivity contribution in [3.63, 3.8) is 0 Å². The Balaban J connectivity index is 2.14. The SMILES string of the molecule is COCCS(=O)(=O)N1CCCC1C1CCCCC1(C)O. The van der Waals surface area contributed by atoms with Crippen LogP contribution in [0, 0.1) is 5.92 Å². The molecule has 3 unspecified atom stereocenters. The number of sulfonamides is 1. The largest absolute Gasteiger partial charge is 0.390 e. The second-order valence-electron chi connectivity index (χ2n) is 6.34. The Morgan fingerprint density at radius 3 is 2.70 bits per heavy atom. The zero-order valence-electron chi connectivity index (χ0n) is 12.5. The molecule has 1 N–H and O–H groups in total. The van der Waals surface area contributed by atoms with Crippen molar-refractivity contribution in [2.75, 3.05) is 26.0 Å². The van der Waals surface area contributed by atoms with Crippen molar-refractivity contribution >= 4 is 10.0 Å². The van der Waals surface area contributed by atoms with Crippen molar-refractivity contribution < 1.29 is 18.3 Å². The Bertz CT molecular complexity index is 421. The first kappa shape index (κ1) is 16.2. The van der Waals surface area contributed by atoms with Crippen LogP contribution >= 0.6 is 0 Å². The van der Waals surface area contributed by atoms with Crippen molar-refractivity contribution in [1.82, 2.24) is 4.31 Å². The van der Waals surface area contributed by atoms with Gasteiger partial charge in [0.25, 0.3) is 0 Å². The number of aliphatic hydroxyl groups is 1. The van der Waals surface area contributed by atoms with E-state index in [1.807, 2.05) is 6.92 Å². The van der Waals surface area contributed by atoms with Crippen LogP contribution < -0.4 is 0 Å². The van der Waals surface area contributed by atoms with Gasteiger partial charge < -0.3 is 9.84 Å². The Hall–Kier alpha value is -0.170. The van der Waals surface area contributed by atoms with Crippen molar-refractivity contribution in [3.05, 3.63) is 0 Å². The van der Waals surface area contributed by atoms with Crippen molar-refractivity contribution in [2.24, 2.45) is 5.92 Å². The van der Waals surface area contributed by atoms with Gasteiger partial charge in [0.1, 0.15) is 0 Å². The molecule has 0 aromatic rings. The van der Waals surface area contributed by atoms with Gasteiger partial charge in [0.2, 0.25) is 10.0 Å². The molecule has 1 aliphatic heterocycles. The molecule has 0 bridgehead atoms. The number of rotatable bonds is 5. The topological polar surface area (TPSA) is 66.8 Å². The van der Waals surface area contributed by atoms with E-state index in [2.05, 4.69) is 0 Å². The zero-order valence-corrected chi connectivity index (χ0v) is 13.4. The molecule has 0 aromatic heterocycles. The molecule has 3 atom stereocenters. The van der Waals surface area contributed by atoms with Crippen LogP contribution in [0.3, 0.4) is 0 Å². The molecule has 0 radical (unpaired) electrons. The third kappa shape index (κ3) is 3.35. The van der Waals surface area contributed by atoms with Crippen LogP contribution in [0.4, 0.5) is 0 Å². The van der Waals surface area contributed by atoms with Gasteiger partial charge in [-0.05, 0) is 32.6 Å². The van der Waals surface area contributed by atoms with Crippen molar-refractivity contribution in [1.29, 1.82) is 0 Å². The number of hydrogen-bond donors (Lipinski definition) is 1. The molecule has 5 nitrogen and oxygen atoms in total. The fraction of sp³-hybridized carbons (Fsp3) is 1.00. The lowest BCUT2D eigenvalue weighted by atomic mass is 9.72. The summed E-state index contributed by atoms with van der Waals surface area (Å²) in [7, 11) is -1.76. The summed E-state index contributed by atoms with van der Waals surface area (Å²) in [6.45, 7) is 2.69. The molecule has 1 saturated carbocycles. The number of nitrogens with zero attached hydrogens (tertiary/aromatic N) is 1. The van der Waals surface area contributed by atoms with Crippen molar-refractivity contribution in [3.8, 4) is 0 Å². The van der Waals surface area contributed by atoms with E-state index in [1.165, 1.54) is 7.11 Å². The first-order valence-electron chi connectivity index (χ1n) is 7.59. The van der Waals surface area contributed by atoms with Gasteiger partial charge in [-0.1, -0.05) is 12.8 Å². The highest BCUT2D eigenvalue weighted by Gasteiger charge is 2.46. The highest BCUT2D eigenvalue weighted by molar-refractivity contribution is 7.89. The van der Waals surface area contributed by atoms with Gasteiger partial charge in [0, 0.05) is 25.6 Å². The third-order valence-electron chi connectivity index (χ3n) is 4.86. The van der Waals surface area contributed by atoms with E-state index < -0.39 is 15.6 Å². The van der Waals surface area contributed by atoms with Gasteiger partial charge >= 0.3 is 0 Å². The normalized spacial score (nSPS) is 36.4. The van der Waals surface area contributed by atoms with E-state index in [1.54, 1.807) is 4.31 Å². The average Bonchev–Trinajstić information content (AvgIpc) is 2.85. The maximum Gasteiger partial charge on any atom is 0.216 e. The quantitative estimate of drug-likeness (QED) is 0.833. The van der Waals surface area contributed by atoms with Crippen LogP contribution in [0.5, 0.6) is 0 Å². The van der Waals surface area contributed by atoms with Crippen LogP contribution in [-0.2, 0) is 14.8 Å². The van der Waals surface area contributed by atoms with Crippen LogP contribution in [0.25, 0.3) is 0 Å². The lowest BCUT2D eigenvalue weighted by molar-refractivity contribution is -0.0527. The molecule has 1 heterocycles. The van der Waals surface area contributed by atoms with E-state index >= 15 is 0 Å². The van der Waals surface area contributed by atoms with Gasteiger partial charge in [-0.3, -0.25) is 0 Å². The van der Waals surface area contributed by atoms with Gasteiger partial charge in [-0.2, -0.15) is 4.31 Å². The predicted octanol–water partition coefficient (Wildman–Crippen LogP) is 1.37. The maximum absolute atomic E-state index is 12.4. The second-order valence-corrected chi connectivity index (χ2v) is 8.38. The fourth-order valence-electron chi connectivity index (χ4n) is 3.77. The summed E-state index contributed by atoms with van der Waals surface area (Å²) in [6.07, 6.45) is 5.58. The predicted molar refractivity (Wildman–Crippen MR) is 78.0 cm³/mol. The molecule has 118 valence electrons. The first-order chi connectivity index (χ1) is 9.38. The summed E-state index contributed by atoms with van der Waals surface area (Å²) < 4.78 is 31.4. The Kier molecular flexibility index (Phi) is 5.10. The molecule has 6 heteroatoms.